The fourth-order valence-corrected chi connectivity index (χ4v) is 9.08. The Morgan fingerprint density at radius 2 is 0.880 bits per heavy atom. The van der Waals surface area contributed by atoms with E-state index in [2.05, 4.69) is 191 Å². The summed E-state index contributed by atoms with van der Waals surface area (Å²) in [6.45, 7) is 4.78. The van der Waals surface area contributed by atoms with Gasteiger partial charge < -0.3 is 13.7 Å². The van der Waals surface area contributed by atoms with E-state index >= 15 is 0 Å². The molecule has 0 radical (unpaired) electrons. The van der Waals surface area contributed by atoms with E-state index in [1.807, 2.05) is 0 Å². The Morgan fingerprint density at radius 3 is 1.58 bits per heavy atom. The van der Waals surface area contributed by atoms with Gasteiger partial charge in [0.15, 0.2) is 0 Å². The van der Waals surface area contributed by atoms with E-state index in [4.69, 9.17) is 0 Å². The van der Waals surface area contributed by atoms with Gasteiger partial charge in [-0.1, -0.05) is 111 Å². The van der Waals surface area contributed by atoms with Gasteiger partial charge in [0.1, 0.15) is 0 Å². The van der Waals surface area contributed by atoms with Crippen molar-refractivity contribution in [3.8, 4) is 28.3 Å². The fourth-order valence-electron chi connectivity index (χ4n) is 9.08. The average Bonchev–Trinajstić information content (AvgIpc) is 3.85. The molecule has 7 aromatic carbocycles. The van der Waals surface area contributed by atoms with Gasteiger partial charge in [-0.05, 0) is 77.9 Å². The smallest absolute Gasteiger partial charge is 0.0585 e. The molecule has 10 aromatic rings. The van der Waals surface area contributed by atoms with Gasteiger partial charge in [-0.25, -0.2) is 0 Å². The summed E-state index contributed by atoms with van der Waals surface area (Å²) in [5.74, 6) is 0. The molecular weight excluding hydrogens is 607 g/mol. The maximum Gasteiger partial charge on any atom is 0.0585 e. The van der Waals surface area contributed by atoms with E-state index in [0.717, 1.165) is 5.69 Å². The molecule has 3 aromatic heterocycles. The highest BCUT2D eigenvalue weighted by Gasteiger charge is 2.40. The van der Waals surface area contributed by atoms with Crippen LogP contribution in [0.25, 0.3) is 82.8 Å². The molecule has 0 amide bonds. The molecule has 11 rings (SSSR count). The Balaban J connectivity index is 1.26. The van der Waals surface area contributed by atoms with Crippen LogP contribution in [-0.2, 0) is 5.41 Å². The van der Waals surface area contributed by atoms with Crippen LogP contribution in [0, 0.1) is 0 Å². The second kappa shape index (κ2) is 9.87. The highest BCUT2D eigenvalue weighted by atomic mass is 15.0. The Hall–Kier alpha value is -6.32. The lowest BCUT2D eigenvalue weighted by Crippen LogP contribution is -2.14. The molecule has 0 bridgehead atoms. The van der Waals surface area contributed by atoms with Crippen molar-refractivity contribution in [2.24, 2.45) is 0 Å². The third-order valence-electron chi connectivity index (χ3n) is 11.2. The molecule has 0 unspecified atom stereocenters. The normalized spacial score (nSPS) is 13.6. The highest BCUT2D eigenvalue weighted by Crippen LogP contribution is 2.54. The minimum absolute atomic E-state index is 0.131. The summed E-state index contributed by atoms with van der Waals surface area (Å²) in [6.07, 6.45) is 0. The number of benzene rings is 7. The first-order valence-electron chi connectivity index (χ1n) is 17.5. The lowest BCUT2D eigenvalue weighted by Gasteiger charge is -2.21. The van der Waals surface area contributed by atoms with E-state index < -0.39 is 0 Å². The number of rotatable bonds is 3. The molecule has 3 nitrogen and oxygen atoms in total. The van der Waals surface area contributed by atoms with E-state index in [1.54, 1.807) is 0 Å². The molecule has 0 aliphatic heterocycles. The van der Waals surface area contributed by atoms with Crippen LogP contribution in [0.2, 0.25) is 0 Å². The molecular formula is C47H33N3. The van der Waals surface area contributed by atoms with Crippen LogP contribution >= 0.6 is 0 Å². The molecule has 3 heterocycles. The maximum atomic E-state index is 2.51. The summed E-state index contributed by atoms with van der Waals surface area (Å²) < 4.78 is 7.37. The predicted octanol–water partition coefficient (Wildman–Crippen LogP) is 12.1. The first kappa shape index (κ1) is 27.6. The number of aromatic nitrogens is 3. The SMILES string of the molecule is CC1(C)c2ccccc2-c2c1c1cc3c4ccccc4n(-c4ccc5c(c4)c4ccccc4n5-c4ccccc4)c3cc1n2-c1ccccc1. The Morgan fingerprint density at radius 1 is 0.360 bits per heavy atom. The Labute approximate surface area is 289 Å². The van der Waals surface area contributed by atoms with Crippen LogP contribution in [0.3, 0.4) is 0 Å². The van der Waals surface area contributed by atoms with Crippen molar-refractivity contribution < 1.29 is 0 Å². The second-order valence-electron chi connectivity index (χ2n) is 14.2. The molecule has 236 valence electrons. The van der Waals surface area contributed by atoms with Crippen LogP contribution < -0.4 is 0 Å². The topological polar surface area (TPSA) is 14.8 Å². The molecule has 0 N–H and O–H groups in total. The summed E-state index contributed by atoms with van der Waals surface area (Å²) in [5.41, 5.74) is 14.9. The summed E-state index contributed by atoms with van der Waals surface area (Å²) in [5, 5.41) is 6.37. The number of hydrogen-bond donors (Lipinski definition) is 0. The summed E-state index contributed by atoms with van der Waals surface area (Å²) >= 11 is 0. The quantitative estimate of drug-likeness (QED) is 0.183. The average molecular weight is 640 g/mol. The molecule has 0 atom stereocenters. The van der Waals surface area contributed by atoms with Gasteiger partial charge >= 0.3 is 0 Å². The lowest BCUT2D eigenvalue weighted by molar-refractivity contribution is 0.666. The van der Waals surface area contributed by atoms with Gasteiger partial charge in [-0.3, -0.25) is 0 Å². The van der Waals surface area contributed by atoms with Crippen molar-refractivity contribution in [1.82, 2.24) is 13.7 Å². The third kappa shape index (κ3) is 3.54. The summed E-state index contributed by atoms with van der Waals surface area (Å²) in [6, 6.07) is 60.1. The van der Waals surface area contributed by atoms with Gasteiger partial charge in [-0.2, -0.15) is 0 Å². The van der Waals surface area contributed by atoms with Crippen LogP contribution in [0.4, 0.5) is 0 Å². The van der Waals surface area contributed by atoms with Gasteiger partial charge in [-0.15, -0.1) is 0 Å². The van der Waals surface area contributed by atoms with Crippen LogP contribution in [-0.4, -0.2) is 13.7 Å². The minimum atomic E-state index is -0.131. The zero-order valence-corrected chi connectivity index (χ0v) is 27.9. The summed E-state index contributed by atoms with van der Waals surface area (Å²) in [7, 11) is 0. The van der Waals surface area contributed by atoms with E-state index in [1.165, 1.54) is 88.3 Å². The number of hydrogen-bond acceptors (Lipinski definition) is 0. The van der Waals surface area contributed by atoms with Crippen molar-refractivity contribution in [2.45, 2.75) is 19.3 Å². The third-order valence-corrected chi connectivity index (χ3v) is 11.2. The number of nitrogens with zero attached hydrogens (tertiary/aromatic N) is 3. The monoisotopic (exact) mass is 639 g/mol. The first-order valence-corrected chi connectivity index (χ1v) is 17.5. The molecule has 0 fully saturated rings. The maximum absolute atomic E-state index is 2.51. The zero-order chi connectivity index (χ0) is 33.1. The molecule has 0 spiro atoms. The van der Waals surface area contributed by atoms with E-state index in [9.17, 15) is 0 Å². The minimum Gasteiger partial charge on any atom is -0.309 e. The van der Waals surface area contributed by atoms with Crippen molar-refractivity contribution in [3.05, 3.63) is 175 Å². The van der Waals surface area contributed by atoms with Gasteiger partial charge in [0.25, 0.3) is 0 Å². The second-order valence-corrected chi connectivity index (χ2v) is 14.2. The number of para-hydroxylation sites is 4. The van der Waals surface area contributed by atoms with Crippen LogP contribution in [0.5, 0.6) is 0 Å². The van der Waals surface area contributed by atoms with Gasteiger partial charge in [0, 0.05) is 55.0 Å². The zero-order valence-electron chi connectivity index (χ0n) is 27.9. The highest BCUT2D eigenvalue weighted by molar-refractivity contribution is 6.16. The summed E-state index contributed by atoms with van der Waals surface area (Å²) in [4.78, 5) is 0. The molecule has 0 saturated carbocycles. The van der Waals surface area contributed by atoms with Crippen molar-refractivity contribution >= 4 is 54.5 Å². The van der Waals surface area contributed by atoms with E-state index in [0.29, 0.717) is 0 Å². The van der Waals surface area contributed by atoms with E-state index in [-0.39, 0.29) is 5.41 Å². The predicted molar refractivity (Wildman–Crippen MR) is 210 cm³/mol. The van der Waals surface area contributed by atoms with Gasteiger partial charge in [0.2, 0.25) is 0 Å². The van der Waals surface area contributed by atoms with Crippen molar-refractivity contribution in [1.29, 1.82) is 0 Å². The molecule has 50 heavy (non-hydrogen) atoms. The lowest BCUT2D eigenvalue weighted by atomic mass is 9.81. The van der Waals surface area contributed by atoms with Crippen molar-refractivity contribution in [3.63, 3.8) is 0 Å². The Bertz CT molecular complexity index is 2990. The Kier molecular flexibility index (Phi) is 5.45. The van der Waals surface area contributed by atoms with Gasteiger partial charge in [0.05, 0.1) is 33.3 Å². The van der Waals surface area contributed by atoms with Crippen LogP contribution in [0.1, 0.15) is 25.0 Å². The van der Waals surface area contributed by atoms with Crippen LogP contribution in [0.15, 0.2) is 164 Å². The first-order chi connectivity index (χ1) is 24.6. The largest absolute Gasteiger partial charge is 0.309 e. The fraction of sp³-hybridized carbons (Fsp3) is 0.0638. The number of fused-ring (bicyclic) bond motifs is 11. The molecule has 3 heteroatoms. The molecule has 1 aliphatic rings. The standard InChI is InChI=1S/C47H33N3/c1-47(2)39-22-12-9-21-35(39)46-45(47)38-28-37-34-20-11-14-24-41(34)49(43(37)29-44(38)50(46)31-17-7-4-8-18-31)32-25-26-42-36(27-32)33-19-10-13-23-40(33)48(42)30-15-5-3-6-16-30/h3-29H,1-2H3. The molecule has 0 saturated heterocycles. The molecule has 1 aliphatic carbocycles. The van der Waals surface area contributed by atoms with Crippen molar-refractivity contribution in [2.75, 3.05) is 0 Å².